The van der Waals surface area contributed by atoms with Crippen molar-refractivity contribution in [3.05, 3.63) is 90.9 Å². The number of sulfonamides is 2. The van der Waals surface area contributed by atoms with E-state index in [0.717, 1.165) is 11.9 Å². The van der Waals surface area contributed by atoms with Crippen molar-refractivity contribution in [3.63, 3.8) is 0 Å². The average Bonchev–Trinajstić information content (AvgIpc) is 2.78. The Bertz CT molecular complexity index is 3460. The first-order chi connectivity index (χ1) is 40.2. The van der Waals surface area contributed by atoms with Crippen molar-refractivity contribution in [2.24, 2.45) is 0 Å². The third kappa shape index (κ3) is 22.6. The van der Waals surface area contributed by atoms with E-state index in [1.807, 2.05) is 0 Å². The molecule has 1 saturated heterocycles. The number of H-pyrrole nitrogens is 1. The topological polar surface area (TPSA) is 455 Å². The number of imidazole rings is 1. The van der Waals surface area contributed by atoms with Gasteiger partial charge in [-0.05, 0) is 60.0 Å². The molecule has 0 saturated carbocycles. The standard InChI is InChI=1S/C50H66N14O18S3.In/c65-43(29-60-18-20-61(30-44(66)67)22-24-63(32-46(70)71)25-23-62(21-19-60)31-45(68)69)58-41(33-83(76,77)78)48(73)51-15-16-57-84(79,80)38-7-2-34(3-8-38)35-4-9-39(10-5-35)85(81,82)59-40(49(74)75)28-55-47(72)36-6-11-42-37(26-36)27-56-64(42)17-1-12-52-50-53-13-14-54-50;/h2-11,13-14,26-27,40-41,57,59H,1,12,15-25,28-33H2,(H,51,73)(H,55,72)(H,58,65)(H,66,67)(H,68,69)(H,70,71)(H,74,75)(H2,52,53,54)(H,76,77,78);/q;+3/i;1-4. The van der Waals surface area contributed by atoms with E-state index < -0.39 is 129 Å². The molecule has 36 heteroatoms. The summed E-state index contributed by atoms with van der Waals surface area (Å²) in [5.41, 5.74) is 1.84. The molecule has 1 fully saturated rings. The number of nitrogens with one attached hydrogen (secondary N) is 7. The minimum absolute atomic E-state index is 0. The number of amides is 3. The zero-order valence-corrected chi connectivity index (χ0v) is 51.9. The molecule has 0 bridgehead atoms. The number of benzene rings is 3. The molecule has 2 atom stereocenters. The fraction of sp³-hybridized carbons (Fsp3) is 0.420. The van der Waals surface area contributed by atoms with E-state index in [4.69, 9.17) is 0 Å². The normalized spacial score (nSPS) is 15.2. The van der Waals surface area contributed by atoms with Crippen molar-refractivity contribution in [3.8, 4) is 11.1 Å². The van der Waals surface area contributed by atoms with Crippen LogP contribution in [0.1, 0.15) is 16.8 Å². The Kier molecular flexibility index (Phi) is 26.4. The van der Waals surface area contributed by atoms with Gasteiger partial charge in [0, 0.05) is 108 Å². The first kappa shape index (κ1) is 69.6. The predicted octanol–water partition coefficient (Wildman–Crippen LogP) is -3.05. The van der Waals surface area contributed by atoms with Gasteiger partial charge in [0.2, 0.25) is 31.9 Å². The first-order valence-corrected chi connectivity index (χ1v) is 30.8. The zero-order chi connectivity index (χ0) is 61.9. The maximum atomic E-state index is 13.4. The van der Waals surface area contributed by atoms with Gasteiger partial charge in [-0.3, -0.25) is 62.4 Å². The number of carbonyl (C=O) groups is 7. The molecule has 0 radical (unpaired) electrons. The van der Waals surface area contributed by atoms with Crippen LogP contribution < -0.4 is 30.7 Å². The van der Waals surface area contributed by atoms with Crippen LogP contribution in [0, 0.1) is 0 Å². The Balaban J connectivity index is 0.0000135. The Hall–Kier alpha value is -7.13. The quantitative estimate of drug-likeness (QED) is 0.0161. The van der Waals surface area contributed by atoms with Gasteiger partial charge >= 0.3 is 49.7 Å². The summed E-state index contributed by atoms with van der Waals surface area (Å²) in [6.07, 6.45) is 5.65. The Morgan fingerprint density at radius 2 is 1.15 bits per heavy atom. The molecule has 2 aromatic heterocycles. The van der Waals surface area contributed by atoms with Crippen LogP contribution in [0.4, 0.5) is 5.95 Å². The number of rotatable bonds is 30. The molecule has 462 valence electrons. The minimum atomic E-state index is -4.91. The van der Waals surface area contributed by atoms with Crippen molar-refractivity contribution < 1.29 is 83.8 Å². The smallest absolute Gasteiger partial charge is 0.480 e. The Labute approximate surface area is 512 Å². The van der Waals surface area contributed by atoms with Crippen molar-refractivity contribution in [2.45, 2.75) is 34.8 Å². The van der Waals surface area contributed by atoms with Crippen LogP contribution >= 0.6 is 0 Å². The average molecular weight is 1360 g/mol. The molecule has 1 aliphatic heterocycles. The second-order valence-corrected chi connectivity index (χ2v) is 24.5. The monoisotopic (exact) mass is 1360 g/mol. The molecule has 1 aliphatic rings. The molecule has 32 nitrogen and oxygen atoms in total. The van der Waals surface area contributed by atoms with Crippen molar-refractivity contribution in [2.75, 3.05) is 116 Å². The summed E-state index contributed by atoms with van der Waals surface area (Å²) in [5.74, 6) is -8.37. The van der Waals surface area contributed by atoms with E-state index in [2.05, 4.69) is 45.8 Å². The number of hydrogen-bond acceptors (Lipinski definition) is 20. The van der Waals surface area contributed by atoms with Crippen LogP contribution in [0.3, 0.4) is 0 Å². The molecule has 6 rings (SSSR count). The molecule has 3 amide bonds. The largest absolute Gasteiger partial charge is 3.00 e. The molecule has 0 spiro atoms. The van der Waals surface area contributed by atoms with Crippen LogP contribution in [0.15, 0.2) is 95.1 Å². The number of anilines is 1. The molecule has 0 aliphatic carbocycles. The third-order valence-corrected chi connectivity index (χ3v) is 16.8. The fourth-order valence-corrected chi connectivity index (χ4v) is 11.7. The van der Waals surface area contributed by atoms with Gasteiger partial charge in [0.25, 0.3) is 16.0 Å². The van der Waals surface area contributed by atoms with Crippen LogP contribution in [0.2, 0.25) is 0 Å². The van der Waals surface area contributed by atoms with E-state index in [1.165, 1.54) is 63.2 Å². The van der Waals surface area contributed by atoms with Gasteiger partial charge in [-0.2, -0.15) is 18.2 Å². The van der Waals surface area contributed by atoms with Gasteiger partial charge in [0.05, 0.1) is 47.7 Å². The number of hydrogen-bond donors (Lipinski definition) is 12. The summed E-state index contributed by atoms with van der Waals surface area (Å²) in [7, 11) is -13.6. The van der Waals surface area contributed by atoms with Crippen LogP contribution in [-0.4, -0.2) is 280 Å². The van der Waals surface area contributed by atoms with Crippen LogP contribution in [0.5, 0.6) is 0 Å². The van der Waals surface area contributed by atoms with E-state index in [9.17, 15) is 83.8 Å². The second kappa shape index (κ2) is 32.6. The molecule has 2 unspecified atom stereocenters. The summed E-state index contributed by atoms with van der Waals surface area (Å²) in [4.78, 5) is 99.3. The summed E-state index contributed by atoms with van der Waals surface area (Å²) in [6.45, 7) is -1.47. The van der Waals surface area contributed by atoms with Gasteiger partial charge in [0.15, 0.2) is 5.95 Å². The van der Waals surface area contributed by atoms with Gasteiger partial charge < -0.3 is 46.7 Å². The summed E-state index contributed by atoms with van der Waals surface area (Å²) in [5, 5.41) is 53.5. The molecular weight excluding hydrogens is 1290 g/mol. The molecule has 5 aromatic rings. The number of carboxylic acid groups (broad SMARTS) is 4. The third-order valence-electron chi connectivity index (χ3n) is 13.1. The molecule has 12 N–H and O–H groups in total. The van der Waals surface area contributed by atoms with Gasteiger partial charge in [0.1, 0.15) is 17.8 Å². The van der Waals surface area contributed by atoms with E-state index in [1.54, 1.807) is 46.4 Å². The van der Waals surface area contributed by atoms with Gasteiger partial charge in [-0.1, -0.05) is 24.3 Å². The number of aromatic amines is 1. The SMILES string of the molecule is O=C(O)CN1CCN(CC(=O)O)CCN(CC(=O)NC(CS(=O)(=O)O)C(=O)NCCNS(=O)(=O)c2ccc(-c3ccc(S(=O)(=O)NC(CNC(=O)c4ccc5c(cnn5CCCNc5ncc[nH]5)c4)C(=O)O)cc3)cc2)CCN(CC(=O)O)CC1.[111In+3]. The molecule has 3 heterocycles. The Morgan fingerprint density at radius 1 is 0.628 bits per heavy atom. The number of fused-ring (bicyclic) bond motifs is 1. The van der Waals surface area contributed by atoms with Crippen molar-refractivity contribution in [1.29, 1.82) is 0 Å². The molecule has 3 aromatic carbocycles. The van der Waals surface area contributed by atoms with E-state index >= 15 is 0 Å². The minimum Gasteiger partial charge on any atom is -0.480 e. The second-order valence-electron chi connectivity index (χ2n) is 19.5. The first-order valence-electron chi connectivity index (χ1n) is 26.2. The van der Waals surface area contributed by atoms with E-state index in [0.29, 0.717) is 35.6 Å². The molecule has 86 heavy (non-hydrogen) atoms. The zero-order valence-electron chi connectivity index (χ0n) is 46.1. The fourth-order valence-electron chi connectivity index (χ4n) is 8.79. The summed E-state index contributed by atoms with van der Waals surface area (Å²) < 4.78 is 92.9. The van der Waals surface area contributed by atoms with E-state index in [-0.39, 0.29) is 100 Å². The van der Waals surface area contributed by atoms with Crippen molar-refractivity contribution in [1.82, 2.24) is 64.7 Å². The number of nitrogens with zero attached hydrogens (tertiary/aromatic N) is 7. The summed E-state index contributed by atoms with van der Waals surface area (Å²) in [6, 6.07) is 11.7. The molecular formula is C50H66InN14O18S3+3. The number of carbonyl (C=O) groups excluding carboxylic acids is 3. The number of aliphatic carboxylic acids is 4. The van der Waals surface area contributed by atoms with Crippen LogP contribution in [0.25, 0.3) is 22.0 Å². The maximum absolute atomic E-state index is 13.4. The van der Waals surface area contributed by atoms with Gasteiger partial charge in [-0.15, -0.1) is 0 Å². The van der Waals surface area contributed by atoms with Gasteiger partial charge in [-0.25, -0.2) is 26.5 Å². The Morgan fingerprint density at radius 3 is 1.64 bits per heavy atom. The number of carboxylic acids is 4. The summed E-state index contributed by atoms with van der Waals surface area (Å²) >= 11 is 0. The van der Waals surface area contributed by atoms with Crippen molar-refractivity contribution >= 4 is 114 Å². The maximum Gasteiger partial charge on any atom is 3.00 e. The number of aryl methyl sites for hydroxylation is 1. The van der Waals surface area contributed by atoms with Crippen LogP contribution in [-0.2, 0) is 65.5 Å². The predicted molar refractivity (Wildman–Crippen MR) is 308 cm³/mol. The number of aromatic nitrogens is 4.